The maximum atomic E-state index is 4.90. The third-order valence-electron chi connectivity index (χ3n) is 1.82. The van der Waals surface area contributed by atoms with E-state index in [2.05, 4.69) is 16.9 Å². The third-order valence-corrected chi connectivity index (χ3v) is 1.82. The lowest BCUT2D eigenvalue weighted by atomic mass is 10.3. The van der Waals surface area contributed by atoms with E-state index in [1.807, 2.05) is 6.92 Å². The van der Waals surface area contributed by atoms with Crippen molar-refractivity contribution in [1.82, 2.24) is 0 Å². The molecule has 2 heterocycles. The molecule has 0 atom stereocenters. The Balaban J connectivity index is 0.000000120. The van der Waals surface area contributed by atoms with Gasteiger partial charge in [-0.1, -0.05) is 0 Å². The van der Waals surface area contributed by atoms with Crippen molar-refractivity contribution >= 4 is 11.6 Å². The van der Waals surface area contributed by atoms with Crippen molar-refractivity contribution in [3.8, 4) is 0 Å². The van der Waals surface area contributed by atoms with E-state index in [1.54, 1.807) is 0 Å². The first-order valence-electron chi connectivity index (χ1n) is 4.43. The molecule has 0 aromatic heterocycles. The van der Waals surface area contributed by atoms with Crippen molar-refractivity contribution in [2.75, 3.05) is 19.7 Å². The lowest BCUT2D eigenvalue weighted by Gasteiger charge is -1.86. The summed E-state index contributed by atoms with van der Waals surface area (Å²) in [6.07, 6.45) is 2.52. The number of nitrogens with zero attached hydrogens (tertiary/aromatic N) is 2. The van der Waals surface area contributed by atoms with E-state index >= 15 is 0 Å². The van der Waals surface area contributed by atoms with E-state index in [4.69, 9.17) is 4.74 Å². The van der Waals surface area contributed by atoms with Crippen LogP contribution >= 0.6 is 0 Å². The predicted molar refractivity (Wildman–Crippen MR) is 51.1 cm³/mol. The van der Waals surface area contributed by atoms with E-state index in [0.717, 1.165) is 25.6 Å². The van der Waals surface area contributed by atoms with Gasteiger partial charge in [-0.2, -0.15) is 0 Å². The lowest BCUT2D eigenvalue weighted by molar-refractivity contribution is 0.345. The minimum Gasteiger partial charge on any atom is -0.479 e. The first-order chi connectivity index (χ1) is 5.79. The number of hydrogen-bond donors (Lipinski definition) is 0. The van der Waals surface area contributed by atoms with Gasteiger partial charge in [0, 0.05) is 19.2 Å². The van der Waals surface area contributed by atoms with Gasteiger partial charge in [-0.25, -0.2) is 0 Å². The molecule has 2 rings (SSSR count). The summed E-state index contributed by atoms with van der Waals surface area (Å²) in [5.41, 5.74) is 1.33. The highest BCUT2D eigenvalue weighted by atomic mass is 16.5. The van der Waals surface area contributed by atoms with E-state index in [0.29, 0.717) is 0 Å². The second kappa shape index (κ2) is 4.91. The molecule has 0 fully saturated rings. The van der Waals surface area contributed by atoms with Gasteiger partial charge in [0.2, 0.25) is 0 Å². The smallest absolute Gasteiger partial charge is 0.180 e. The van der Waals surface area contributed by atoms with Gasteiger partial charge >= 0.3 is 0 Å². The van der Waals surface area contributed by atoms with Gasteiger partial charge in [0.15, 0.2) is 5.90 Å². The Morgan fingerprint density at radius 2 is 2.00 bits per heavy atom. The summed E-state index contributed by atoms with van der Waals surface area (Å²) in [4.78, 5) is 8.08. The van der Waals surface area contributed by atoms with Crippen LogP contribution in [0.5, 0.6) is 0 Å². The standard InChI is InChI=1S/C5H9N.C4H7NO/c1-5-3-2-4-6-5;1-4-5-2-3-6-4/h2-4H2,1H3;2-3H2,1H3. The maximum Gasteiger partial charge on any atom is 0.180 e. The minimum atomic E-state index is 0.784. The molecule has 0 saturated heterocycles. The summed E-state index contributed by atoms with van der Waals surface area (Å²) in [5.74, 6) is 0.829. The molecule has 0 spiro atoms. The minimum absolute atomic E-state index is 0.784. The third kappa shape index (κ3) is 3.51. The molecule has 3 nitrogen and oxygen atoms in total. The number of hydrogen-bond acceptors (Lipinski definition) is 3. The molecule has 2 aliphatic rings. The molecule has 0 aromatic rings. The van der Waals surface area contributed by atoms with Gasteiger partial charge in [-0.15, -0.1) is 0 Å². The number of aliphatic imine (C=N–C) groups is 2. The first kappa shape index (κ1) is 9.23. The van der Waals surface area contributed by atoms with Gasteiger partial charge in [-0.3, -0.25) is 9.98 Å². The molecule has 0 radical (unpaired) electrons. The van der Waals surface area contributed by atoms with E-state index in [-0.39, 0.29) is 0 Å². The van der Waals surface area contributed by atoms with E-state index in [9.17, 15) is 0 Å². The second-order valence-electron chi connectivity index (χ2n) is 2.97. The normalized spacial score (nSPS) is 20.5. The quantitative estimate of drug-likeness (QED) is 0.541. The SMILES string of the molecule is CC1=NCCC1.CC1=NCCO1. The molecule has 0 saturated carbocycles. The summed E-state index contributed by atoms with van der Waals surface area (Å²) in [6, 6.07) is 0. The molecule has 0 unspecified atom stereocenters. The highest BCUT2D eigenvalue weighted by Gasteiger charge is 1.96. The highest BCUT2D eigenvalue weighted by molar-refractivity contribution is 5.83. The number of rotatable bonds is 0. The van der Waals surface area contributed by atoms with Gasteiger partial charge in [0.25, 0.3) is 0 Å². The van der Waals surface area contributed by atoms with Crippen LogP contribution in [0.1, 0.15) is 26.7 Å². The van der Waals surface area contributed by atoms with Gasteiger partial charge in [-0.05, 0) is 19.8 Å². The molecular weight excluding hydrogens is 152 g/mol. The Morgan fingerprint density at radius 3 is 2.17 bits per heavy atom. The molecule has 0 aromatic carbocycles. The Bertz CT molecular complexity index is 175. The van der Waals surface area contributed by atoms with Crippen molar-refractivity contribution in [2.24, 2.45) is 9.98 Å². The van der Waals surface area contributed by atoms with Crippen molar-refractivity contribution in [1.29, 1.82) is 0 Å². The Morgan fingerprint density at radius 1 is 1.17 bits per heavy atom. The Hall–Kier alpha value is -0.860. The van der Waals surface area contributed by atoms with E-state index < -0.39 is 0 Å². The summed E-state index contributed by atoms with van der Waals surface area (Å²) in [7, 11) is 0. The maximum absolute atomic E-state index is 4.90. The van der Waals surface area contributed by atoms with Crippen molar-refractivity contribution in [2.45, 2.75) is 26.7 Å². The molecule has 0 bridgehead atoms. The molecule has 0 aliphatic carbocycles. The molecule has 3 heteroatoms. The lowest BCUT2D eigenvalue weighted by Crippen LogP contribution is -1.89. The van der Waals surface area contributed by atoms with Crippen LogP contribution in [0.15, 0.2) is 9.98 Å². The monoisotopic (exact) mass is 168 g/mol. The van der Waals surface area contributed by atoms with Crippen molar-refractivity contribution < 1.29 is 4.74 Å². The highest BCUT2D eigenvalue weighted by Crippen LogP contribution is 2.00. The topological polar surface area (TPSA) is 34.0 Å². The average Bonchev–Trinajstić information content (AvgIpc) is 2.63. The zero-order valence-corrected chi connectivity index (χ0v) is 7.84. The largest absolute Gasteiger partial charge is 0.479 e. The zero-order chi connectivity index (χ0) is 8.81. The van der Waals surface area contributed by atoms with Crippen molar-refractivity contribution in [3.05, 3.63) is 0 Å². The fourth-order valence-electron chi connectivity index (χ4n) is 1.13. The van der Waals surface area contributed by atoms with Crippen LogP contribution in [0.2, 0.25) is 0 Å². The van der Waals surface area contributed by atoms with Gasteiger partial charge in [0.05, 0.1) is 6.54 Å². The summed E-state index contributed by atoms with van der Waals surface area (Å²) in [5, 5.41) is 0. The molecule has 12 heavy (non-hydrogen) atoms. The Kier molecular flexibility index (Phi) is 3.77. The van der Waals surface area contributed by atoms with Crippen LogP contribution < -0.4 is 0 Å². The van der Waals surface area contributed by atoms with Crippen LogP contribution in [0.25, 0.3) is 0 Å². The van der Waals surface area contributed by atoms with E-state index in [1.165, 1.54) is 18.6 Å². The molecule has 0 amide bonds. The second-order valence-corrected chi connectivity index (χ2v) is 2.97. The van der Waals surface area contributed by atoms with Crippen molar-refractivity contribution in [3.63, 3.8) is 0 Å². The predicted octanol–water partition coefficient (Wildman–Crippen LogP) is 1.68. The molecule has 0 N–H and O–H groups in total. The van der Waals surface area contributed by atoms with Gasteiger partial charge in [0.1, 0.15) is 6.61 Å². The molecule has 2 aliphatic heterocycles. The molecular formula is C9H16N2O. The summed E-state index contributed by atoms with van der Waals surface area (Å²) >= 11 is 0. The summed E-state index contributed by atoms with van der Waals surface area (Å²) < 4.78 is 4.90. The molecule has 68 valence electrons. The zero-order valence-electron chi connectivity index (χ0n) is 7.84. The fourth-order valence-corrected chi connectivity index (χ4v) is 1.13. The van der Waals surface area contributed by atoms with Crippen LogP contribution in [0.4, 0.5) is 0 Å². The fraction of sp³-hybridized carbons (Fsp3) is 0.778. The summed E-state index contributed by atoms with van der Waals surface area (Å²) in [6.45, 7) is 6.67. The van der Waals surface area contributed by atoms with Crippen LogP contribution in [0.3, 0.4) is 0 Å². The number of ether oxygens (including phenoxy) is 1. The van der Waals surface area contributed by atoms with Crippen LogP contribution in [-0.2, 0) is 4.74 Å². The average molecular weight is 168 g/mol. The van der Waals surface area contributed by atoms with Crippen LogP contribution in [-0.4, -0.2) is 31.3 Å². The van der Waals surface area contributed by atoms with Gasteiger partial charge < -0.3 is 4.74 Å². The first-order valence-corrected chi connectivity index (χ1v) is 4.43. The van der Waals surface area contributed by atoms with Crippen LogP contribution in [0, 0.1) is 0 Å². The Labute approximate surface area is 73.6 Å².